The zero-order valence-electron chi connectivity index (χ0n) is 11.6. The lowest BCUT2D eigenvalue weighted by atomic mass is 9.98. The van der Waals surface area contributed by atoms with Gasteiger partial charge in [-0.05, 0) is 51.1 Å². The second kappa shape index (κ2) is 6.90. The molecular formula is C14H25N3O. The summed E-state index contributed by atoms with van der Waals surface area (Å²) in [5, 5.41) is 7.62. The van der Waals surface area contributed by atoms with Crippen molar-refractivity contribution in [3.63, 3.8) is 0 Å². The van der Waals surface area contributed by atoms with E-state index >= 15 is 0 Å². The van der Waals surface area contributed by atoms with Crippen LogP contribution in [0, 0.1) is 0 Å². The highest BCUT2D eigenvalue weighted by Gasteiger charge is 2.16. The Morgan fingerprint density at radius 2 is 2.44 bits per heavy atom. The van der Waals surface area contributed by atoms with Crippen LogP contribution in [-0.4, -0.2) is 35.6 Å². The molecule has 0 radical (unpaired) electrons. The molecular weight excluding hydrogens is 226 g/mol. The van der Waals surface area contributed by atoms with Gasteiger partial charge in [0.25, 0.3) is 0 Å². The van der Waals surface area contributed by atoms with Crippen LogP contribution in [0.15, 0.2) is 12.4 Å². The molecule has 1 aliphatic heterocycles. The van der Waals surface area contributed by atoms with E-state index < -0.39 is 0 Å². The normalized spacial score (nSPS) is 22.0. The van der Waals surface area contributed by atoms with Crippen LogP contribution in [-0.2, 0) is 18.2 Å². The Morgan fingerprint density at radius 3 is 3.06 bits per heavy atom. The van der Waals surface area contributed by atoms with Gasteiger partial charge in [0.1, 0.15) is 0 Å². The van der Waals surface area contributed by atoms with Gasteiger partial charge in [0.2, 0.25) is 0 Å². The highest BCUT2D eigenvalue weighted by Crippen LogP contribution is 2.18. The summed E-state index contributed by atoms with van der Waals surface area (Å²) >= 11 is 0. The van der Waals surface area contributed by atoms with Crippen molar-refractivity contribution in [3.8, 4) is 0 Å². The molecule has 0 aliphatic carbocycles. The van der Waals surface area contributed by atoms with Crippen molar-refractivity contribution >= 4 is 0 Å². The lowest BCUT2D eigenvalue weighted by Gasteiger charge is -2.24. The molecule has 0 amide bonds. The molecule has 4 nitrogen and oxygen atoms in total. The number of aromatic nitrogens is 2. The molecule has 1 fully saturated rings. The van der Waals surface area contributed by atoms with Gasteiger partial charge >= 0.3 is 0 Å². The molecule has 2 heterocycles. The van der Waals surface area contributed by atoms with Crippen molar-refractivity contribution in [1.82, 2.24) is 15.1 Å². The first-order chi connectivity index (χ1) is 8.78. The standard InChI is InChI=1S/C14H25N3O/c1-15-13(9-12-10-16-17(2)11-12)6-7-14-5-3-4-8-18-14/h10-11,13-15H,3-9H2,1-2H3. The summed E-state index contributed by atoms with van der Waals surface area (Å²) in [7, 11) is 4.01. The van der Waals surface area contributed by atoms with Crippen LogP contribution < -0.4 is 5.32 Å². The van der Waals surface area contributed by atoms with E-state index in [2.05, 4.69) is 16.6 Å². The number of ether oxygens (including phenoxy) is 1. The van der Waals surface area contributed by atoms with E-state index in [0.29, 0.717) is 12.1 Å². The fourth-order valence-corrected chi connectivity index (χ4v) is 2.63. The Morgan fingerprint density at radius 1 is 1.56 bits per heavy atom. The van der Waals surface area contributed by atoms with E-state index in [1.54, 1.807) is 0 Å². The van der Waals surface area contributed by atoms with Gasteiger partial charge in [-0.2, -0.15) is 5.10 Å². The van der Waals surface area contributed by atoms with Crippen LogP contribution in [0.3, 0.4) is 0 Å². The van der Waals surface area contributed by atoms with Crippen molar-refractivity contribution < 1.29 is 4.74 Å². The summed E-state index contributed by atoms with van der Waals surface area (Å²) in [5.74, 6) is 0. The van der Waals surface area contributed by atoms with Gasteiger partial charge in [0.15, 0.2) is 0 Å². The number of aryl methyl sites for hydroxylation is 1. The lowest BCUT2D eigenvalue weighted by Crippen LogP contribution is -2.30. The predicted molar refractivity (Wildman–Crippen MR) is 72.6 cm³/mol. The van der Waals surface area contributed by atoms with Crippen molar-refractivity contribution in [1.29, 1.82) is 0 Å². The Bertz CT molecular complexity index is 345. The third-order valence-electron chi connectivity index (χ3n) is 3.76. The van der Waals surface area contributed by atoms with Crippen molar-refractivity contribution in [2.45, 2.75) is 50.7 Å². The van der Waals surface area contributed by atoms with Gasteiger partial charge in [0, 0.05) is 25.9 Å². The topological polar surface area (TPSA) is 39.1 Å². The number of nitrogens with one attached hydrogen (secondary N) is 1. The molecule has 2 rings (SSSR count). The summed E-state index contributed by atoms with van der Waals surface area (Å²) in [6.45, 7) is 0.956. The first-order valence-electron chi connectivity index (χ1n) is 7.04. The number of nitrogens with zero attached hydrogens (tertiary/aromatic N) is 2. The molecule has 1 N–H and O–H groups in total. The maximum atomic E-state index is 5.78. The summed E-state index contributed by atoms with van der Waals surface area (Å²) in [5.41, 5.74) is 1.31. The van der Waals surface area contributed by atoms with E-state index in [0.717, 1.165) is 13.0 Å². The summed E-state index contributed by atoms with van der Waals surface area (Å²) in [6.07, 6.45) is 11.8. The van der Waals surface area contributed by atoms with Crippen LogP contribution in [0.25, 0.3) is 0 Å². The zero-order valence-corrected chi connectivity index (χ0v) is 11.6. The molecule has 0 bridgehead atoms. The minimum absolute atomic E-state index is 0.489. The molecule has 1 aromatic rings. The highest BCUT2D eigenvalue weighted by molar-refractivity contribution is 5.05. The predicted octanol–water partition coefficient (Wildman–Crippen LogP) is 1.90. The molecule has 0 aromatic carbocycles. The Hall–Kier alpha value is -0.870. The third kappa shape index (κ3) is 4.10. The number of likely N-dealkylation sites (N-methyl/N-ethyl adjacent to an activating group) is 1. The van der Waals surface area contributed by atoms with Gasteiger partial charge < -0.3 is 10.1 Å². The number of hydrogen-bond donors (Lipinski definition) is 1. The molecule has 0 spiro atoms. The van der Waals surface area contributed by atoms with Crippen LogP contribution in [0.4, 0.5) is 0 Å². The maximum absolute atomic E-state index is 5.78. The van der Waals surface area contributed by atoms with E-state index in [-0.39, 0.29) is 0 Å². The maximum Gasteiger partial charge on any atom is 0.0575 e. The summed E-state index contributed by atoms with van der Waals surface area (Å²) < 4.78 is 7.65. The lowest BCUT2D eigenvalue weighted by molar-refractivity contribution is 0.00870. The molecule has 1 aromatic heterocycles. The molecule has 2 unspecified atom stereocenters. The largest absolute Gasteiger partial charge is 0.378 e. The minimum atomic E-state index is 0.489. The minimum Gasteiger partial charge on any atom is -0.378 e. The third-order valence-corrected chi connectivity index (χ3v) is 3.76. The van der Waals surface area contributed by atoms with E-state index in [9.17, 15) is 0 Å². The summed E-state index contributed by atoms with van der Waals surface area (Å²) in [4.78, 5) is 0. The Kier molecular flexibility index (Phi) is 5.20. The smallest absolute Gasteiger partial charge is 0.0575 e. The van der Waals surface area contributed by atoms with Crippen molar-refractivity contribution in [2.24, 2.45) is 7.05 Å². The van der Waals surface area contributed by atoms with Crippen LogP contribution >= 0.6 is 0 Å². The highest BCUT2D eigenvalue weighted by atomic mass is 16.5. The quantitative estimate of drug-likeness (QED) is 0.839. The van der Waals surface area contributed by atoms with Gasteiger partial charge in [-0.1, -0.05) is 0 Å². The molecule has 0 saturated carbocycles. The molecule has 4 heteroatoms. The monoisotopic (exact) mass is 251 g/mol. The SMILES string of the molecule is CNC(CCC1CCCCO1)Cc1cnn(C)c1. The van der Waals surface area contributed by atoms with Gasteiger partial charge in [0.05, 0.1) is 12.3 Å². The summed E-state index contributed by atoms with van der Waals surface area (Å²) in [6, 6.07) is 0.528. The van der Waals surface area contributed by atoms with Gasteiger partial charge in [-0.3, -0.25) is 4.68 Å². The number of hydrogen-bond acceptors (Lipinski definition) is 3. The number of rotatable bonds is 6. The first-order valence-corrected chi connectivity index (χ1v) is 7.04. The van der Waals surface area contributed by atoms with E-state index in [1.807, 2.05) is 25.0 Å². The van der Waals surface area contributed by atoms with E-state index in [1.165, 1.54) is 37.7 Å². The average molecular weight is 251 g/mol. The molecule has 1 aliphatic rings. The Labute approximate surface area is 110 Å². The molecule has 102 valence electrons. The van der Waals surface area contributed by atoms with Crippen LogP contribution in [0.5, 0.6) is 0 Å². The van der Waals surface area contributed by atoms with Crippen LogP contribution in [0.1, 0.15) is 37.7 Å². The molecule has 18 heavy (non-hydrogen) atoms. The molecule has 2 atom stereocenters. The second-order valence-electron chi connectivity index (χ2n) is 5.28. The van der Waals surface area contributed by atoms with Crippen molar-refractivity contribution in [3.05, 3.63) is 18.0 Å². The van der Waals surface area contributed by atoms with E-state index in [4.69, 9.17) is 4.74 Å². The second-order valence-corrected chi connectivity index (χ2v) is 5.28. The first kappa shape index (κ1) is 13.6. The van der Waals surface area contributed by atoms with Crippen LogP contribution in [0.2, 0.25) is 0 Å². The fraction of sp³-hybridized carbons (Fsp3) is 0.786. The average Bonchev–Trinajstić information content (AvgIpc) is 2.81. The van der Waals surface area contributed by atoms with Gasteiger partial charge in [-0.25, -0.2) is 0 Å². The Balaban J connectivity index is 1.74. The van der Waals surface area contributed by atoms with Crippen molar-refractivity contribution in [2.75, 3.05) is 13.7 Å². The fourth-order valence-electron chi connectivity index (χ4n) is 2.63. The molecule has 1 saturated heterocycles. The zero-order chi connectivity index (χ0) is 12.8. The van der Waals surface area contributed by atoms with Gasteiger partial charge in [-0.15, -0.1) is 0 Å².